The molecule has 0 heterocycles. The summed E-state index contributed by atoms with van der Waals surface area (Å²) in [7, 11) is 1.62. The predicted octanol–water partition coefficient (Wildman–Crippen LogP) is 4.08. The first-order chi connectivity index (χ1) is 13.0. The fourth-order valence-corrected chi connectivity index (χ4v) is 2.31. The number of benzene rings is 2. The van der Waals surface area contributed by atoms with Crippen molar-refractivity contribution in [3.63, 3.8) is 0 Å². The minimum atomic E-state index is -0.596. The van der Waals surface area contributed by atoms with E-state index >= 15 is 0 Å². The number of nitro benzene ring substituents is 1. The maximum atomic E-state index is 10.7. The lowest BCUT2D eigenvalue weighted by molar-refractivity contribution is -0.384. The van der Waals surface area contributed by atoms with E-state index in [1.807, 2.05) is 17.0 Å². The molecule has 0 radical (unpaired) electrons. The lowest BCUT2D eigenvalue weighted by Gasteiger charge is -2.23. The Morgan fingerprint density at radius 2 is 1.96 bits per heavy atom. The van der Waals surface area contributed by atoms with Gasteiger partial charge in [-0.25, -0.2) is 0 Å². The van der Waals surface area contributed by atoms with Gasteiger partial charge in [-0.3, -0.25) is 10.1 Å². The summed E-state index contributed by atoms with van der Waals surface area (Å²) in [5, 5.41) is 37.2. The molecule has 27 heavy (non-hydrogen) atoms. The highest BCUT2D eigenvalue weighted by atomic mass is 16.6. The van der Waals surface area contributed by atoms with Gasteiger partial charge in [0.15, 0.2) is 0 Å². The van der Waals surface area contributed by atoms with E-state index in [4.69, 9.17) is 10.00 Å². The lowest BCUT2D eigenvalue weighted by Crippen LogP contribution is -2.28. The molecule has 0 atom stereocenters. The number of rotatable bonds is 9. The normalized spacial score (nSPS) is 10.7. The molecule has 2 aromatic carbocycles. The molecule has 0 saturated carbocycles. The Kier molecular flexibility index (Phi) is 7.22. The van der Waals surface area contributed by atoms with Gasteiger partial charge in [0, 0.05) is 32.0 Å². The van der Waals surface area contributed by atoms with Crippen molar-refractivity contribution in [2.75, 3.05) is 31.7 Å². The number of methoxy groups -OCH3 is 1. The summed E-state index contributed by atoms with van der Waals surface area (Å²) in [5.41, 5.74) is 1.41. The summed E-state index contributed by atoms with van der Waals surface area (Å²) in [6, 6.07) is 13.0. The highest BCUT2D eigenvalue weighted by molar-refractivity contribution is 5.57. The van der Waals surface area contributed by atoms with Crippen LogP contribution in [0.3, 0.4) is 0 Å². The maximum absolute atomic E-state index is 10.7. The molecule has 0 saturated heterocycles. The molecule has 0 fully saturated rings. The third-order valence-corrected chi connectivity index (χ3v) is 3.72. The first kappa shape index (κ1) is 19.8. The van der Waals surface area contributed by atoms with Crippen LogP contribution in [0.1, 0.15) is 6.42 Å². The Morgan fingerprint density at radius 3 is 2.56 bits per heavy atom. The van der Waals surface area contributed by atoms with Crippen LogP contribution in [0.15, 0.2) is 52.7 Å². The van der Waals surface area contributed by atoms with E-state index < -0.39 is 4.92 Å². The summed E-state index contributed by atoms with van der Waals surface area (Å²) >= 11 is 0. The average Bonchev–Trinajstić information content (AvgIpc) is 2.67. The van der Waals surface area contributed by atoms with Gasteiger partial charge in [-0.2, -0.15) is 10.4 Å². The first-order valence-electron chi connectivity index (χ1n) is 8.15. The zero-order valence-electron chi connectivity index (χ0n) is 14.8. The number of hydrogen-bond donors (Lipinski definition) is 1. The Bertz CT molecular complexity index is 846. The monoisotopic (exact) mass is 369 g/mol. The molecule has 0 spiro atoms. The molecule has 0 amide bonds. The number of nitriles is 1. The van der Waals surface area contributed by atoms with E-state index in [1.54, 1.807) is 19.2 Å². The van der Waals surface area contributed by atoms with E-state index in [2.05, 4.69) is 16.3 Å². The van der Waals surface area contributed by atoms with Gasteiger partial charge in [-0.05, 0) is 30.3 Å². The van der Waals surface area contributed by atoms with Crippen LogP contribution in [0.5, 0.6) is 5.75 Å². The summed E-state index contributed by atoms with van der Waals surface area (Å²) in [5.74, 6) is -0.313. The van der Waals surface area contributed by atoms with Gasteiger partial charge in [0.25, 0.3) is 5.69 Å². The minimum absolute atomic E-state index is 0.139. The molecule has 0 aliphatic heterocycles. The van der Waals surface area contributed by atoms with Crippen LogP contribution in [-0.2, 0) is 4.74 Å². The lowest BCUT2D eigenvalue weighted by atomic mass is 10.2. The number of ether oxygens (including phenoxy) is 1. The van der Waals surface area contributed by atoms with Crippen LogP contribution in [0.2, 0.25) is 0 Å². The van der Waals surface area contributed by atoms with E-state index in [1.165, 1.54) is 12.1 Å². The number of nitrogens with zero attached hydrogens (tertiary/aromatic N) is 5. The molecular weight excluding hydrogens is 350 g/mol. The molecule has 1 N–H and O–H groups in total. The molecule has 2 rings (SSSR count). The van der Waals surface area contributed by atoms with Gasteiger partial charge in [0.2, 0.25) is 0 Å². The molecule has 0 aliphatic carbocycles. The van der Waals surface area contributed by atoms with Crippen LogP contribution in [0, 0.1) is 21.4 Å². The number of anilines is 1. The molecule has 9 heteroatoms. The van der Waals surface area contributed by atoms with E-state index in [9.17, 15) is 15.2 Å². The van der Waals surface area contributed by atoms with E-state index in [0.29, 0.717) is 31.8 Å². The van der Waals surface area contributed by atoms with Gasteiger partial charge in [0.1, 0.15) is 11.4 Å². The Labute approximate surface area is 156 Å². The molecule has 2 aromatic rings. The van der Waals surface area contributed by atoms with E-state index in [0.717, 1.165) is 11.8 Å². The van der Waals surface area contributed by atoms with Gasteiger partial charge in [-0.15, -0.1) is 5.11 Å². The average molecular weight is 369 g/mol. The predicted molar refractivity (Wildman–Crippen MR) is 99.7 cm³/mol. The van der Waals surface area contributed by atoms with Gasteiger partial charge in [0.05, 0.1) is 35.8 Å². The Hall–Kier alpha value is -3.51. The second-order valence-corrected chi connectivity index (χ2v) is 5.53. The van der Waals surface area contributed by atoms with Crippen LogP contribution in [0.4, 0.5) is 22.7 Å². The van der Waals surface area contributed by atoms with Crippen molar-refractivity contribution >= 4 is 22.7 Å². The summed E-state index contributed by atoms with van der Waals surface area (Å²) in [6.45, 7) is 1.80. The third-order valence-electron chi connectivity index (χ3n) is 3.72. The second kappa shape index (κ2) is 9.84. The number of phenols is 1. The SMILES string of the molecule is COCCN(CCC#N)c1ccc(/N=N/c2ccc([N+](=O)[O-])cc2O)cc1. The maximum Gasteiger partial charge on any atom is 0.273 e. The van der Waals surface area contributed by atoms with Gasteiger partial charge >= 0.3 is 0 Å². The zero-order chi connectivity index (χ0) is 19.6. The number of non-ortho nitro benzene ring substituents is 1. The quantitative estimate of drug-likeness (QED) is 0.403. The fraction of sp³-hybridized carbons (Fsp3) is 0.278. The number of aromatic hydroxyl groups is 1. The van der Waals surface area contributed by atoms with Crippen molar-refractivity contribution in [2.45, 2.75) is 6.42 Å². The van der Waals surface area contributed by atoms with Crippen molar-refractivity contribution in [3.05, 3.63) is 52.6 Å². The second-order valence-electron chi connectivity index (χ2n) is 5.53. The van der Waals surface area contributed by atoms with Crippen molar-refractivity contribution in [1.29, 1.82) is 5.26 Å². The molecule has 140 valence electrons. The van der Waals surface area contributed by atoms with E-state index in [-0.39, 0.29) is 17.1 Å². The van der Waals surface area contributed by atoms with Gasteiger partial charge in [-0.1, -0.05) is 0 Å². The van der Waals surface area contributed by atoms with Crippen LogP contribution >= 0.6 is 0 Å². The summed E-state index contributed by atoms with van der Waals surface area (Å²) in [4.78, 5) is 12.1. The van der Waals surface area contributed by atoms with Crippen molar-refractivity contribution < 1.29 is 14.8 Å². The number of phenolic OH excluding ortho intramolecular Hbond substituents is 1. The largest absolute Gasteiger partial charge is 0.505 e. The Morgan fingerprint density at radius 1 is 1.22 bits per heavy atom. The molecule has 0 aromatic heterocycles. The molecule has 0 aliphatic rings. The standard InChI is InChI=1S/C18H19N5O4/c1-27-12-11-22(10-2-9-19)15-5-3-14(4-6-15)20-21-17-8-7-16(23(25)26)13-18(17)24/h3-8,13,24H,2,10-12H2,1H3/b21-20+. The topological polar surface area (TPSA) is 124 Å². The fourth-order valence-electron chi connectivity index (χ4n) is 2.31. The van der Waals surface area contributed by atoms with Crippen molar-refractivity contribution in [1.82, 2.24) is 0 Å². The minimum Gasteiger partial charge on any atom is -0.505 e. The highest BCUT2D eigenvalue weighted by Crippen LogP contribution is 2.31. The van der Waals surface area contributed by atoms with Gasteiger partial charge < -0.3 is 14.7 Å². The first-order valence-corrected chi connectivity index (χ1v) is 8.15. The number of hydrogen-bond acceptors (Lipinski definition) is 8. The Balaban J connectivity index is 2.11. The van der Waals surface area contributed by atoms with Crippen molar-refractivity contribution in [2.24, 2.45) is 10.2 Å². The molecular formula is C18H19N5O4. The summed E-state index contributed by atoms with van der Waals surface area (Å²) < 4.78 is 5.10. The van der Waals surface area contributed by atoms with Crippen molar-refractivity contribution in [3.8, 4) is 11.8 Å². The molecule has 9 nitrogen and oxygen atoms in total. The molecule has 0 bridgehead atoms. The summed E-state index contributed by atoms with van der Waals surface area (Å²) in [6.07, 6.45) is 0.407. The van der Waals surface area contributed by atoms with Crippen LogP contribution in [0.25, 0.3) is 0 Å². The van der Waals surface area contributed by atoms with Crippen LogP contribution < -0.4 is 4.90 Å². The number of nitro groups is 1. The third kappa shape index (κ3) is 5.76. The highest BCUT2D eigenvalue weighted by Gasteiger charge is 2.10. The smallest absolute Gasteiger partial charge is 0.273 e. The molecule has 0 unspecified atom stereocenters. The van der Waals surface area contributed by atoms with Crippen LogP contribution in [-0.4, -0.2) is 36.8 Å². The number of azo groups is 1. The zero-order valence-corrected chi connectivity index (χ0v) is 14.8.